The molecule has 0 aromatic heterocycles. The van der Waals surface area contributed by atoms with E-state index >= 15 is 0 Å². The Morgan fingerprint density at radius 2 is 1.76 bits per heavy atom. The van der Waals surface area contributed by atoms with Crippen LogP contribution in [0.5, 0.6) is 11.5 Å². The molecule has 33 heavy (non-hydrogen) atoms. The number of hydrogen-bond acceptors (Lipinski definition) is 3. The molecule has 0 aliphatic heterocycles. The molecule has 2 N–H and O–H groups in total. The molecule has 0 saturated heterocycles. The molecule has 3 rings (SSSR count). The molecule has 0 atom stereocenters. The van der Waals surface area contributed by atoms with E-state index in [0.29, 0.717) is 23.7 Å². The fourth-order valence-corrected chi connectivity index (χ4v) is 4.24. The highest BCUT2D eigenvalue weighted by Gasteiger charge is 2.20. The monoisotopic (exact) mass is 449 g/mol. The third-order valence-electron chi connectivity index (χ3n) is 6.12. The van der Waals surface area contributed by atoms with Crippen LogP contribution in [0.15, 0.2) is 48.2 Å². The van der Waals surface area contributed by atoms with Crippen LogP contribution >= 0.6 is 0 Å². The zero-order valence-corrected chi connectivity index (χ0v) is 20.1. The Kier molecular flexibility index (Phi) is 7.96. The molecule has 1 fully saturated rings. The van der Waals surface area contributed by atoms with Gasteiger partial charge in [-0.2, -0.15) is 0 Å². The Hall–Kier alpha value is -3.08. The lowest BCUT2D eigenvalue weighted by Crippen LogP contribution is -2.27. The second kappa shape index (κ2) is 10.7. The predicted octanol–water partition coefficient (Wildman–Crippen LogP) is 6.60. The van der Waals surface area contributed by atoms with Crippen molar-refractivity contribution in [3.63, 3.8) is 0 Å². The standard InChI is InChI=1S/C28H35NO4/c1-19-9-15-25(23(17-19)28(2,3)4)33-22-13-10-21(11-14-22)18-24(27(31)32)29-26(30)16-12-20-7-5-6-8-20/h9-11,13-15,17-18,20H,5-8,12,16H2,1-4H3,(H,29,30)(H,31,32). The van der Waals surface area contributed by atoms with Crippen LogP contribution < -0.4 is 10.1 Å². The van der Waals surface area contributed by atoms with Crippen molar-refractivity contribution in [3.05, 3.63) is 64.9 Å². The van der Waals surface area contributed by atoms with E-state index in [-0.39, 0.29) is 17.0 Å². The largest absolute Gasteiger partial charge is 0.477 e. The molecular weight excluding hydrogens is 414 g/mol. The number of rotatable bonds is 8. The van der Waals surface area contributed by atoms with Gasteiger partial charge < -0.3 is 15.2 Å². The summed E-state index contributed by atoms with van der Waals surface area (Å²) in [6, 6.07) is 13.3. The van der Waals surface area contributed by atoms with Crippen LogP contribution in [0.2, 0.25) is 0 Å². The minimum atomic E-state index is -1.15. The minimum Gasteiger partial charge on any atom is -0.477 e. The van der Waals surface area contributed by atoms with Crippen LogP contribution in [0.4, 0.5) is 0 Å². The zero-order chi connectivity index (χ0) is 24.0. The molecule has 176 valence electrons. The molecule has 1 aliphatic carbocycles. The van der Waals surface area contributed by atoms with Gasteiger partial charge in [-0.05, 0) is 54.5 Å². The summed E-state index contributed by atoms with van der Waals surface area (Å²) < 4.78 is 6.14. The number of carboxylic acid groups (broad SMARTS) is 1. The SMILES string of the molecule is Cc1ccc(Oc2ccc(C=C(NC(=O)CCC3CCCC3)C(=O)O)cc2)c(C(C)(C)C)c1. The van der Waals surface area contributed by atoms with Crippen molar-refractivity contribution in [1.29, 1.82) is 0 Å². The van der Waals surface area contributed by atoms with Crippen molar-refractivity contribution in [2.45, 2.75) is 71.6 Å². The van der Waals surface area contributed by atoms with Crippen molar-refractivity contribution in [2.75, 3.05) is 0 Å². The van der Waals surface area contributed by atoms with Gasteiger partial charge in [0.15, 0.2) is 0 Å². The lowest BCUT2D eigenvalue weighted by atomic mass is 9.85. The van der Waals surface area contributed by atoms with Gasteiger partial charge in [0.2, 0.25) is 5.91 Å². The zero-order valence-electron chi connectivity index (χ0n) is 20.1. The second-order valence-corrected chi connectivity index (χ2v) is 10.0. The van der Waals surface area contributed by atoms with E-state index in [1.807, 2.05) is 12.1 Å². The number of benzene rings is 2. The quantitative estimate of drug-likeness (QED) is 0.445. The van der Waals surface area contributed by atoms with Crippen LogP contribution in [0.3, 0.4) is 0 Å². The van der Waals surface area contributed by atoms with Gasteiger partial charge in [0.05, 0.1) is 0 Å². The molecule has 0 heterocycles. The molecule has 0 radical (unpaired) electrons. The van der Waals surface area contributed by atoms with Gasteiger partial charge in [0.1, 0.15) is 17.2 Å². The van der Waals surface area contributed by atoms with Crippen LogP contribution in [0, 0.1) is 12.8 Å². The lowest BCUT2D eigenvalue weighted by molar-refractivity contribution is -0.134. The van der Waals surface area contributed by atoms with Gasteiger partial charge in [-0.3, -0.25) is 4.79 Å². The summed E-state index contributed by atoms with van der Waals surface area (Å²) >= 11 is 0. The third kappa shape index (κ3) is 7.21. The maximum atomic E-state index is 12.3. The summed E-state index contributed by atoms with van der Waals surface area (Å²) in [5, 5.41) is 12.1. The number of carbonyl (C=O) groups is 2. The Labute approximate surface area is 196 Å². The average molecular weight is 450 g/mol. The molecule has 1 aliphatic rings. The van der Waals surface area contributed by atoms with E-state index in [0.717, 1.165) is 17.7 Å². The van der Waals surface area contributed by atoms with E-state index < -0.39 is 5.97 Å². The fourth-order valence-electron chi connectivity index (χ4n) is 4.24. The van der Waals surface area contributed by atoms with E-state index in [1.165, 1.54) is 37.3 Å². The van der Waals surface area contributed by atoms with E-state index in [9.17, 15) is 14.7 Å². The smallest absolute Gasteiger partial charge is 0.352 e. The molecule has 5 heteroatoms. The third-order valence-corrected chi connectivity index (χ3v) is 6.12. The van der Waals surface area contributed by atoms with Crippen LogP contribution in [-0.4, -0.2) is 17.0 Å². The summed E-state index contributed by atoms with van der Waals surface area (Å²) in [6.45, 7) is 8.52. The molecule has 2 aromatic rings. The molecular formula is C28H35NO4. The first-order valence-corrected chi connectivity index (χ1v) is 11.8. The maximum Gasteiger partial charge on any atom is 0.352 e. The Bertz CT molecular complexity index is 1010. The number of hydrogen-bond donors (Lipinski definition) is 2. The van der Waals surface area contributed by atoms with Crippen molar-refractivity contribution in [2.24, 2.45) is 5.92 Å². The van der Waals surface area contributed by atoms with Gasteiger partial charge in [-0.25, -0.2) is 4.79 Å². The van der Waals surface area contributed by atoms with Gasteiger partial charge in [-0.15, -0.1) is 0 Å². The predicted molar refractivity (Wildman–Crippen MR) is 131 cm³/mol. The number of aryl methyl sites for hydroxylation is 1. The maximum absolute atomic E-state index is 12.3. The Balaban J connectivity index is 1.67. The summed E-state index contributed by atoms with van der Waals surface area (Å²) in [5.74, 6) is 0.660. The number of aliphatic carboxylic acids is 1. The van der Waals surface area contributed by atoms with Gasteiger partial charge in [0, 0.05) is 12.0 Å². The normalized spacial score (nSPS) is 14.8. The highest BCUT2D eigenvalue weighted by atomic mass is 16.5. The second-order valence-electron chi connectivity index (χ2n) is 10.0. The first-order valence-electron chi connectivity index (χ1n) is 11.8. The topological polar surface area (TPSA) is 75.6 Å². The van der Waals surface area contributed by atoms with E-state index in [2.05, 4.69) is 39.1 Å². The molecule has 0 spiro atoms. The van der Waals surface area contributed by atoms with E-state index in [1.54, 1.807) is 24.3 Å². The molecule has 0 unspecified atom stereocenters. The van der Waals surface area contributed by atoms with Gasteiger partial charge in [0.25, 0.3) is 0 Å². The highest BCUT2D eigenvalue weighted by molar-refractivity contribution is 5.96. The molecule has 1 saturated carbocycles. The molecule has 2 aromatic carbocycles. The molecule has 0 bridgehead atoms. The molecule has 1 amide bonds. The van der Waals surface area contributed by atoms with Crippen LogP contribution in [-0.2, 0) is 15.0 Å². The number of carbonyl (C=O) groups excluding carboxylic acids is 1. The highest BCUT2D eigenvalue weighted by Crippen LogP contribution is 2.35. The minimum absolute atomic E-state index is 0.0591. The van der Waals surface area contributed by atoms with Crippen LogP contribution in [0.25, 0.3) is 6.08 Å². The molecule has 5 nitrogen and oxygen atoms in total. The van der Waals surface area contributed by atoms with Crippen molar-refractivity contribution in [3.8, 4) is 11.5 Å². The van der Waals surface area contributed by atoms with Crippen LogP contribution in [0.1, 0.15) is 76.0 Å². The first-order chi connectivity index (χ1) is 15.6. The Morgan fingerprint density at radius 1 is 1.09 bits per heavy atom. The number of amides is 1. The van der Waals surface area contributed by atoms with Crippen molar-refractivity contribution in [1.82, 2.24) is 5.32 Å². The summed E-state index contributed by atoms with van der Waals surface area (Å²) in [7, 11) is 0. The Morgan fingerprint density at radius 3 is 2.36 bits per heavy atom. The van der Waals surface area contributed by atoms with E-state index in [4.69, 9.17) is 4.74 Å². The summed E-state index contributed by atoms with van der Waals surface area (Å²) in [4.78, 5) is 23.9. The average Bonchev–Trinajstić information content (AvgIpc) is 3.27. The van der Waals surface area contributed by atoms with Crippen molar-refractivity contribution >= 4 is 18.0 Å². The number of ether oxygens (including phenoxy) is 1. The summed E-state index contributed by atoms with van der Waals surface area (Å²) in [6.07, 6.45) is 7.45. The van der Waals surface area contributed by atoms with Crippen molar-refractivity contribution < 1.29 is 19.4 Å². The lowest BCUT2D eigenvalue weighted by Gasteiger charge is -2.23. The number of carboxylic acids is 1. The first kappa shape index (κ1) is 24.6. The van der Waals surface area contributed by atoms with Gasteiger partial charge in [-0.1, -0.05) is 76.3 Å². The number of nitrogens with one attached hydrogen (secondary N) is 1. The summed E-state index contributed by atoms with van der Waals surface area (Å²) in [5.41, 5.74) is 2.81. The van der Waals surface area contributed by atoms with Gasteiger partial charge >= 0.3 is 5.97 Å². The fraction of sp³-hybridized carbons (Fsp3) is 0.429.